The molecule has 0 aliphatic heterocycles. The number of hydrogen-bond donors (Lipinski definition) is 1. The molecule has 2 aromatic carbocycles. The Labute approximate surface area is 115 Å². The normalized spacial score (nSPS) is 10.7. The summed E-state index contributed by atoms with van der Waals surface area (Å²) in [4.78, 5) is 4.48. The summed E-state index contributed by atoms with van der Waals surface area (Å²) in [6, 6.07) is 15.8. The van der Waals surface area contributed by atoms with E-state index in [1.54, 1.807) is 0 Å². The van der Waals surface area contributed by atoms with Crippen LogP contribution in [0, 0.1) is 5.82 Å². The lowest BCUT2D eigenvalue weighted by atomic mass is 10.2. The van der Waals surface area contributed by atoms with E-state index in [-0.39, 0.29) is 12.4 Å². The number of para-hydroxylation sites is 1. The van der Waals surface area contributed by atoms with Gasteiger partial charge >= 0.3 is 0 Å². The molecule has 3 nitrogen and oxygen atoms in total. The summed E-state index contributed by atoms with van der Waals surface area (Å²) >= 11 is 0. The van der Waals surface area contributed by atoms with Crippen LogP contribution in [0.1, 0.15) is 5.69 Å². The molecule has 3 aromatic rings. The van der Waals surface area contributed by atoms with Gasteiger partial charge < -0.3 is 10.5 Å². The maximum atomic E-state index is 13.1. The minimum Gasteiger partial charge on any atom is -0.485 e. The third-order valence-electron chi connectivity index (χ3n) is 3.01. The first kappa shape index (κ1) is 12.4. The number of nitrogens with zero attached hydrogens (tertiary/aromatic N) is 1. The van der Waals surface area contributed by atoms with E-state index in [1.165, 1.54) is 18.2 Å². The Morgan fingerprint density at radius 2 is 1.90 bits per heavy atom. The first-order valence-electron chi connectivity index (χ1n) is 6.25. The van der Waals surface area contributed by atoms with Crippen molar-refractivity contribution >= 4 is 16.6 Å². The molecular formula is C16H13FN2O. The van der Waals surface area contributed by atoms with Crippen molar-refractivity contribution in [3.63, 3.8) is 0 Å². The van der Waals surface area contributed by atoms with E-state index in [0.717, 1.165) is 16.6 Å². The molecule has 4 heteroatoms. The predicted octanol–water partition coefficient (Wildman–Crippen LogP) is 3.54. The number of pyridine rings is 1. The third-order valence-corrected chi connectivity index (χ3v) is 3.01. The van der Waals surface area contributed by atoms with Crippen LogP contribution in [0.2, 0.25) is 0 Å². The van der Waals surface area contributed by atoms with Gasteiger partial charge in [-0.05, 0) is 24.3 Å². The Bertz CT molecular complexity index is 758. The molecule has 0 atom stereocenters. The Hall–Kier alpha value is -2.62. The number of aromatic nitrogens is 1. The van der Waals surface area contributed by atoms with Gasteiger partial charge in [0, 0.05) is 11.5 Å². The smallest absolute Gasteiger partial charge is 0.145 e. The van der Waals surface area contributed by atoms with Gasteiger partial charge in [-0.25, -0.2) is 9.37 Å². The molecule has 0 aliphatic rings. The molecule has 1 aromatic heterocycles. The number of nitrogens with two attached hydrogens (primary N) is 1. The van der Waals surface area contributed by atoms with E-state index in [2.05, 4.69) is 4.98 Å². The SMILES string of the molecule is Nc1ccc(F)cc1OCc1ccc2ccccc2n1. The van der Waals surface area contributed by atoms with Gasteiger partial charge in [-0.15, -0.1) is 0 Å². The molecular weight excluding hydrogens is 255 g/mol. The van der Waals surface area contributed by atoms with Crippen LogP contribution in [0.15, 0.2) is 54.6 Å². The van der Waals surface area contributed by atoms with Gasteiger partial charge in [0.25, 0.3) is 0 Å². The van der Waals surface area contributed by atoms with Crippen molar-refractivity contribution in [3.05, 3.63) is 66.1 Å². The summed E-state index contributed by atoms with van der Waals surface area (Å²) in [5, 5.41) is 1.07. The molecule has 0 amide bonds. The minimum atomic E-state index is -0.374. The highest BCUT2D eigenvalue weighted by atomic mass is 19.1. The maximum Gasteiger partial charge on any atom is 0.145 e. The summed E-state index contributed by atoms with van der Waals surface area (Å²) in [5.74, 6) is -0.0411. The summed E-state index contributed by atoms with van der Waals surface area (Å²) < 4.78 is 18.7. The summed E-state index contributed by atoms with van der Waals surface area (Å²) in [5.41, 5.74) is 7.82. The number of halogens is 1. The number of hydrogen-bond acceptors (Lipinski definition) is 3. The third kappa shape index (κ3) is 2.54. The molecule has 0 saturated carbocycles. The monoisotopic (exact) mass is 268 g/mol. The van der Waals surface area contributed by atoms with Crippen LogP contribution in [0.3, 0.4) is 0 Å². The van der Waals surface area contributed by atoms with Gasteiger partial charge in [0.2, 0.25) is 0 Å². The zero-order chi connectivity index (χ0) is 13.9. The highest BCUT2D eigenvalue weighted by molar-refractivity contribution is 5.78. The Balaban J connectivity index is 1.81. The Kier molecular flexibility index (Phi) is 3.21. The lowest BCUT2D eigenvalue weighted by molar-refractivity contribution is 0.302. The number of nitrogen functional groups attached to an aromatic ring is 1. The summed E-state index contributed by atoms with van der Waals surface area (Å²) in [6.07, 6.45) is 0. The lowest BCUT2D eigenvalue weighted by Gasteiger charge is -2.09. The Morgan fingerprint density at radius 1 is 1.05 bits per heavy atom. The number of fused-ring (bicyclic) bond motifs is 1. The van der Waals surface area contributed by atoms with E-state index >= 15 is 0 Å². The molecule has 0 bridgehead atoms. The molecule has 0 fully saturated rings. The highest BCUT2D eigenvalue weighted by Gasteiger charge is 2.04. The van der Waals surface area contributed by atoms with Gasteiger partial charge in [0.15, 0.2) is 0 Å². The number of benzene rings is 2. The molecule has 20 heavy (non-hydrogen) atoms. The standard InChI is InChI=1S/C16H13FN2O/c17-12-6-8-14(18)16(9-12)20-10-13-7-5-11-3-1-2-4-15(11)19-13/h1-9H,10,18H2. The fourth-order valence-electron chi connectivity index (χ4n) is 1.97. The number of rotatable bonds is 3. The lowest BCUT2D eigenvalue weighted by Crippen LogP contribution is -2.01. The van der Waals surface area contributed by atoms with Crippen molar-refractivity contribution in [2.45, 2.75) is 6.61 Å². The molecule has 0 saturated heterocycles. The highest BCUT2D eigenvalue weighted by Crippen LogP contribution is 2.23. The van der Waals surface area contributed by atoms with Crippen molar-refractivity contribution in [1.29, 1.82) is 0 Å². The molecule has 0 spiro atoms. The van der Waals surface area contributed by atoms with Crippen LogP contribution in [-0.4, -0.2) is 4.98 Å². The molecule has 0 radical (unpaired) electrons. The van der Waals surface area contributed by atoms with Gasteiger partial charge in [0.05, 0.1) is 16.9 Å². The maximum absolute atomic E-state index is 13.1. The Morgan fingerprint density at radius 3 is 2.80 bits per heavy atom. The second-order valence-corrected chi connectivity index (χ2v) is 4.47. The van der Waals surface area contributed by atoms with Gasteiger partial charge in [-0.1, -0.05) is 24.3 Å². The molecule has 100 valence electrons. The number of ether oxygens (including phenoxy) is 1. The summed E-state index contributed by atoms with van der Waals surface area (Å²) in [6.45, 7) is 0.248. The molecule has 0 aliphatic carbocycles. The van der Waals surface area contributed by atoms with Crippen LogP contribution in [-0.2, 0) is 6.61 Å². The first-order valence-corrected chi connectivity index (χ1v) is 6.25. The second kappa shape index (κ2) is 5.17. The zero-order valence-electron chi connectivity index (χ0n) is 10.7. The molecule has 2 N–H and O–H groups in total. The quantitative estimate of drug-likeness (QED) is 0.739. The van der Waals surface area contributed by atoms with Crippen LogP contribution >= 0.6 is 0 Å². The van der Waals surface area contributed by atoms with Gasteiger partial charge in [-0.2, -0.15) is 0 Å². The first-order chi connectivity index (χ1) is 9.72. The largest absolute Gasteiger partial charge is 0.485 e. The van der Waals surface area contributed by atoms with E-state index in [4.69, 9.17) is 10.5 Å². The van der Waals surface area contributed by atoms with E-state index in [9.17, 15) is 4.39 Å². The van der Waals surface area contributed by atoms with Gasteiger partial charge in [0.1, 0.15) is 18.2 Å². The van der Waals surface area contributed by atoms with E-state index in [0.29, 0.717) is 11.4 Å². The van der Waals surface area contributed by atoms with Crippen molar-refractivity contribution in [2.75, 3.05) is 5.73 Å². The molecule has 3 rings (SSSR count). The van der Waals surface area contributed by atoms with Crippen LogP contribution in [0.4, 0.5) is 10.1 Å². The van der Waals surface area contributed by atoms with Crippen molar-refractivity contribution in [2.24, 2.45) is 0 Å². The predicted molar refractivity (Wildman–Crippen MR) is 76.9 cm³/mol. The topological polar surface area (TPSA) is 48.1 Å². The average Bonchev–Trinajstić information content (AvgIpc) is 2.48. The minimum absolute atomic E-state index is 0.248. The van der Waals surface area contributed by atoms with Crippen LogP contribution < -0.4 is 10.5 Å². The fraction of sp³-hybridized carbons (Fsp3) is 0.0625. The average molecular weight is 268 g/mol. The molecule has 0 unspecified atom stereocenters. The van der Waals surface area contributed by atoms with Crippen molar-refractivity contribution < 1.29 is 9.13 Å². The second-order valence-electron chi connectivity index (χ2n) is 4.47. The van der Waals surface area contributed by atoms with Crippen LogP contribution in [0.25, 0.3) is 10.9 Å². The van der Waals surface area contributed by atoms with Gasteiger partial charge in [-0.3, -0.25) is 0 Å². The zero-order valence-corrected chi connectivity index (χ0v) is 10.7. The molecule has 1 heterocycles. The van der Waals surface area contributed by atoms with Crippen molar-refractivity contribution in [1.82, 2.24) is 4.98 Å². The summed E-state index contributed by atoms with van der Waals surface area (Å²) in [7, 11) is 0. The fourth-order valence-corrected chi connectivity index (χ4v) is 1.97. The van der Waals surface area contributed by atoms with E-state index < -0.39 is 0 Å². The van der Waals surface area contributed by atoms with E-state index in [1.807, 2.05) is 36.4 Å². The number of anilines is 1. The van der Waals surface area contributed by atoms with Crippen LogP contribution in [0.5, 0.6) is 5.75 Å². The van der Waals surface area contributed by atoms with Crippen molar-refractivity contribution in [3.8, 4) is 5.75 Å².